The molecule has 2 saturated heterocycles. The molecule has 0 bridgehead atoms. The molecule has 2 fully saturated rings. The molecule has 0 aromatic heterocycles. The van der Waals surface area contributed by atoms with Crippen LogP contribution in [0.4, 0.5) is 0 Å². The summed E-state index contributed by atoms with van der Waals surface area (Å²) in [5.74, 6) is 0. The van der Waals surface area contributed by atoms with Crippen LogP contribution in [0.1, 0.15) is 30.9 Å². The van der Waals surface area contributed by atoms with Gasteiger partial charge in [-0.3, -0.25) is 4.90 Å². The van der Waals surface area contributed by atoms with Crippen LogP contribution in [-0.4, -0.2) is 54.7 Å². The summed E-state index contributed by atoms with van der Waals surface area (Å²) < 4.78 is 25.9. The number of benzene rings is 2. The Balaban J connectivity index is 1.41. The van der Waals surface area contributed by atoms with Gasteiger partial charge < -0.3 is 18.9 Å². The van der Waals surface area contributed by atoms with E-state index in [-0.39, 0.29) is 12.3 Å². The topological polar surface area (TPSA) is 101 Å². The fourth-order valence-corrected chi connectivity index (χ4v) is 4.97. The number of rotatable bonds is 11. The molecule has 0 aliphatic carbocycles. The third-order valence-electron chi connectivity index (χ3n) is 6.66. The highest BCUT2D eigenvalue weighted by atomic mass is 16.7. The van der Waals surface area contributed by atoms with Gasteiger partial charge in [-0.05, 0) is 42.0 Å². The van der Waals surface area contributed by atoms with E-state index in [0.29, 0.717) is 51.8 Å². The van der Waals surface area contributed by atoms with E-state index in [1.54, 1.807) is 0 Å². The summed E-state index contributed by atoms with van der Waals surface area (Å²) in [6, 6.07) is 20.7. The molecule has 3 aliphatic heterocycles. The van der Waals surface area contributed by atoms with E-state index in [4.69, 9.17) is 24.5 Å². The molecule has 36 heavy (non-hydrogen) atoms. The van der Waals surface area contributed by atoms with Crippen LogP contribution >= 0.6 is 0 Å². The molecule has 5 rings (SSSR count). The number of aliphatic imine (C=N–C) groups is 1. The monoisotopic (exact) mass is 489 g/mol. The first-order valence-electron chi connectivity index (χ1n) is 12.3. The standard InChI is InChI=1S/C27H31N5O4/c1-20-15-29-26-32(16-20)25-23(35-26)24(34-18-22-11-6-3-7-12-22)27(36-25,13-8-14-30-31-28)19-33-17-21-9-4-2-5-10-21/h2-7,9-12,16,23-25H,8,13-15,17-19H2,1H3/t23-,24-,25+,27+/m0/s1. The Hall–Kier alpha value is -3.36. The number of ether oxygens (including phenoxy) is 4. The molecule has 3 heterocycles. The highest BCUT2D eigenvalue weighted by molar-refractivity contribution is 5.79. The lowest BCUT2D eigenvalue weighted by molar-refractivity contribution is -0.164. The average molecular weight is 490 g/mol. The van der Waals surface area contributed by atoms with Gasteiger partial charge in [0, 0.05) is 17.7 Å². The normalized spacial score (nSPS) is 26.4. The maximum atomic E-state index is 8.77. The molecule has 0 amide bonds. The molecule has 3 aliphatic rings. The van der Waals surface area contributed by atoms with Crippen LogP contribution in [0, 0.1) is 0 Å². The fourth-order valence-electron chi connectivity index (χ4n) is 4.97. The van der Waals surface area contributed by atoms with Crippen LogP contribution in [0.3, 0.4) is 0 Å². The lowest BCUT2D eigenvalue weighted by Gasteiger charge is -2.36. The number of hydrogen-bond donors (Lipinski definition) is 0. The van der Waals surface area contributed by atoms with Gasteiger partial charge >= 0.3 is 0 Å². The van der Waals surface area contributed by atoms with Crippen LogP contribution in [-0.2, 0) is 32.2 Å². The lowest BCUT2D eigenvalue weighted by atomic mass is 9.90. The van der Waals surface area contributed by atoms with Gasteiger partial charge in [0.15, 0.2) is 12.3 Å². The Morgan fingerprint density at radius 1 is 1.11 bits per heavy atom. The van der Waals surface area contributed by atoms with Gasteiger partial charge in [0.05, 0.1) is 26.4 Å². The first-order chi connectivity index (χ1) is 17.7. The van der Waals surface area contributed by atoms with Gasteiger partial charge in [-0.1, -0.05) is 65.8 Å². The van der Waals surface area contributed by atoms with Crippen molar-refractivity contribution in [3.05, 3.63) is 94.0 Å². The second-order valence-corrected chi connectivity index (χ2v) is 9.39. The summed E-state index contributed by atoms with van der Waals surface area (Å²) in [5.41, 5.74) is 11.3. The van der Waals surface area contributed by atoms with Crippen molar-refractivity contribution in [2.75, 3.05) is 19.7 Å². The fraction of sp³-hybridized carbons (Fsp3) is 0.444. The first-order valence-corrected chi connectivity index (χ1v) is 12.3. The molecule has 0 saturated carbocycles. The van der Waals surface area contributed by atoms with Crippen LogP contribution in [0.5, 0.6) is 0 Å². The minimum atomic E-state index is -0.783. The van der Waals surface area contributed by atoms with Crippen molar-refractivity contribution in [3.63, 3.8) is 0 Å². The Labute approximate surface area is 210 Å². The zero-order valence-corrected chi connectivity index (χ0v) is 20.4. The second kappa shape index (κ2) is 11.1. The molecule has 2 aromatic rings. The molecule has 9 nitrogen and oxygen atoms in total. The van der Waals surface area contributed by atoms with Crippen LogP contribution in [0.15, 0.2) is 82.5 Å². The molecule has 0 radical (unpaired) electrons. The molecule has 0 N–H and O–H groups in total. The lowest BCUT2D eigenvalue weighted by Crippen LogP contribution is -2.49. The van der Waals surface area contributed by atoms with E-state index >= 15 is 0 Å². The molecule has 0 spiro atoms. The van der Waals surface area contributed by atoms with Gasteiger partial charge in [0.25, 0.3) is 6.02 Å². The van der Waals surface area contributed by atoms with E-state index in [0.717, 1.165) is 16.7 Å². The number of hydrogen-bond acceptors (Lipinski definition) is 7. The number of fused-ring (bicyclic) bond motifs is 3. The van der Waals surface area contributed by atoms with Crippen LogP contribution < -0.4 is 0 Å². The maximum absolute atomic E-state index is 8.77. The van der Waals surface area contributed by atoms with Crippen molar-refractivity contribution in [2.24, 2.45) is 10.1 Å². The minimum absolute atomic E-state index is 0.316. The highest BCUT2D eigenvalue weighted by Gasteiger charge is 2.62. The summed E-state index contributed by atoms with van der Waals surface area (Å²) in [5, 5.41) is 3.73. The largest absolute Gasteiger partial charge is 0.454 e. The van der Waals surface area contributed by atoms with Gasteiger partial charge in [0.1, 0.15) is 11.7 Å². The van der Waals surface area contributed by atoms with Crippen molar-refractivity contribution < 1.29 is 18.9 Å². The number of amidine groups is 1. The van der Waals surface area contributed by atoms with Gasteiger partial charge in [0.2, 0.25) is 0 Å². The molecule has 188 valence electrons. The molecular weight excluding hydrogens is 458 g/mol. The van der Waals surface area contributed by atoms with Crippen LogP contribution in [0.25, 0.3) is 10.4 Å². The van der Waals surface area contributed by atoms with Crippen molar-refractivity contribution >= 4 is 6.02 Å². The van der Waals surface area contributed by atoms with Crippen LogP contribution in [0.2, 0.25) is 0 Å². The predicted octanol–water partition coefficient (Wildman–Crippen LogP) is 4.95. The molecule has 0 unspecified atom stereocenters. The second-order valence-electron chi connectivity index (χ2n) is 9.39. The van der Waals surface area contributed by atoms with E-state index in [1.165, 1.54) is 0 Å². The molecule has 9 heteroatoms. The quantitative estimate of drug-likeness (QED) is 0.192. The Morgan fingerprint density at radius 3 is 2.56 bits per heavy atom. The van der Waals surface area contributed by atoms with Gasteiger partial charge in [-0.2, -0.15) is 0 Å². The molecule has 4 atom stereocenters. The first kappa shape index (κ1) is 24.3. The number of azide groups is 1. The van der Waals surface area contributed by atoms with E-state index in [9.17, 15) is 0 Å². The summed E-state index contributed by atoms with van der Waals surface area (Å²) in [6.45, 7) is 4.22. The molecular formula is C27H31N5O4. The summed E-state index contributed by atoms with van der Waals surface area (Å²) in [7, 11) is 0. The molecule has 2 aromatic carbocycles. The number of nitrogens with zero attached hydrogens (tertiary/aromatic N) is 5. The maximum Gasteiger partial charge on any atom is 0.294 e. The smallest absolute Gasteiger partial charge is 0.294 e. The van der Waals surface area contributed by atoms with Gasteiger partial charge in [-0.25, -0.2) is 4.99 Å². The highest BCUT2D eigenvalue weighted by Crippen LogP contribution is 2.44. The zero-order chi connectivity index (χ0) is 24.8. The van der Waals surface area contributed by atoms with Gasteiger partial charge in [-0.15, -0.1) is 0 Å². The summed E-state index contributed by atoms with van der Waals surface area (Å²) in [6.07, 6.45) is 2.13. The Bertz CT molecular complexity index is 1140. The zero-order valence-electron chi connectivity index (χ0n) is 20.4. The Morgan fingerprint density at radius 2 is 1.83 bits per heavy atom. The van der Waals surface area contributed by atoms with Crippen molar-refractivity contribution in [3.8, 4) is 0 Å². The van der Waals surface area contributed by atoms with Crippen molar-refractivity contribution in [1.29, 1.82) is 0 Å². The summed E-state index contributed by atoms with van der Waals surface area (Å²) in [4.78, 5) is 9.45. The van der Waals surface area contributed by atoms with Crippen molar-refractivity contribution in [2.45, 2.75) is 57.0 Å². The van der Waals surface area contributed by atoms with Crippen molar-refractivity contribution in [1.82, 2.24) is 4.90 Å². The Kier molecular flexibility index (Phi) is 7.53. The third kappa shape index (κ3) is 5.24. The average Bonchev–Trinajstić information content (AvgIpc) is 3.39. The third-order valence-corrected chi connectivity index (χ3v) is 6.66. The minimum Gasteiger partial charge on any atom is -0.454 e. The summed E-state index contributed by atoms with van der Waals surface area (Å²) >= 11 is 0. The van der Waals surface area contributed by atoms with E-state index in [1.807, 2.05) is 78.7 Å². The predicted molar refractivity (Wildman–Crippen MR) is 135 cm³/mol. The van der Waals surface area contributed by atoms with E-state index in [2.05, 4.69) is 15.0 Å². The van der Waals surface area contributed by atoms with E-state index < -0.39 is 11.7 Å². The SMILES string of the molecule is CC1=CN2C(=NC1)O[C@@H]1[C@H]2O[C@](CCCN=[N+]=[N-])(COCc2ccccc2)[C@H]1OCc1ccccc1.